The highest BCUT2D eigenvalue weighted by Crippen LogP contribution is 2.31. The van der Waals surface area contributed by atoms with Crippen LogP contribution in [0.25, 0.3) is 0 Å². The highest BCUT2D eigenvalue weighted by atomic mass is 32.1. The van der Waals surface area contributed by atoms with E-state index in [0.717, 1.165) is 5.92 Å². The van der Waals surface area contributed by atoms with E-state index in [1.165, 1.54) is 51.4 Å². The Morgan fingerprint density at radius 2 is 1.92 bits per heavy atom. The molecule has 1 radical (unpaired) electrons. The van der Waals surface area contributed by atoms with Gasteiger partial charge in [0.15, 0.2) is 0 Å². The van der Waals surface area contributed by atoms with Crippen molar-refractivity contribution < 1.29 is 0 Å². The van der Waals surface area contributed by atoms with Gasteiger partial charge in [-0.1, -0.05) is 51.7 Å². The summed E-state index contributed by atoms with van der Waals surface area (Å²) < 4.78 is 0. The summed E-state index contributed by atoms with van der Waals surface area (Å²) in [5.74, 6) is 0.889. The van der Waals surface area contributed by atoms with Gasteiger partial charge < -0.3 is 0 Å². The third kappa shape index (κ3) is 3.38. The lowest BCUT2D eigenvalue weighted by Gasteiger charge is -2.26. The minimum Gasteiger partial charge on any atom is -0.0901 e. The molecule has 0 saturated heterocycles. The van der Waals surface area contributed by atoms with Crippen LogP contribution in [0, 0.1) is 5.92 Å². The topological polar surface area (TPSA) is 0 Å². The van der Waals surface area contributed by atoms with Gasteiger partial charge in [-0.2, -0.15) is 0 Å². The van der Waals surface area contributed by atoms with Gasteiger partial charge in [-0.15, -0.1) is 0 Å². The summed E-state index contributed by atoms with van der Waals surface area (Å²) in [6.45, 7) is 2.25. The first kappa shape index (κ1) is 10.4. The van der Waals surface area contributed by atoms with E-state index in [2.05, 4.69) is 6.92 Å². The van der Waals surface area contributed by atoms with Crippen molar-refractivity contribution in [3.05, 3.63) is 0 Å². The van der Waals surface area contributed by atoms with E-state index in [4.69, 9.17) is 12.6 Å². The quantitative estimate of drug-likeness (QED) is 0.612. The number of hydrogen-bond acceptors (Lipinski definition) is 0. The molecule has 1 unspecified atom stereocenters. The average molecular weight is 185 g/mol. The SMILES string of the molecule is CCCCC([S])C1CCCCC1. The summed E-state index contributed by atoms with van der Waals surface area (Å²) in [7, 11) is 0. The largest absolute Gasteiger partial charge is 0.0901 e. The predicted molar refractivity (Wildman–Crippen MR) is 57.5 cm³/mol. The smallest absolute Gasteiger partial charge is 0.0179 e. The van der Waals surface area contributed by atoms with Gasteiger partial charge in [0.05, 0.1) is 0 Å². The van der Waals surface area contributed by atoms with Gasteiger partial charge in [0.1, 0.15) is 0 Å². The molecule has 0 aromatic rings. The fourth-order valence-corrected chi connectivity index (χ4v) is 2.59. The second-order valence-corrected chi connectivity index (χ2v) is 4.68. The highest BCUT2D eigenvalue weighted by molar-refractivity contribution is 7.81. The van der Waals surface area contributed by atoms with Crippen molar-refractivity contribution in [1.29, 1.82) is 0 Å². The summed E-state index contributed by atoms with van der Waals surface area (Å²) in [4.78, 5) is 0. The molecule has 0 nitrogen and oxygen atoms in total. The Hall–Kier alpha value is 0.350. The minimum absolute atomic E-state index is 0.588. The number of hydrogen-bond donors (Lipinski definition) is 0. The first-order valence-electron chi connectivity index (χ1n) is 5.50. The zero-order chi connectivity index (χ0) is 8.81. The van der Waals surface area contributed by atoms with Crippen LogP contribution >= 0.6 is 12.6 Å². The van der Waals surface area contributed by atoms with E-state index in [-0.39, 0.29) is 0 Å². The van der Waals surface area contributed by atoms with Crippen molar-refractivity contribution in [3.8, 4) is 0 Å². The standard InChI is InChI=1S/C11H21S/c1-2-3-9-11(12)10-7-5-4-6-8-10/h10-11H,2-9H2,1H3. The van der Waals surface area contributed by atoms with E-state index < -0.39 is 0 Å². The third-order valence-electron chi connectivity index (χ3n) is 3.02. The third-order valence-corrected chi connectivity index (χ3v) is 3.64. The van der Waals surface area contributed by atoms with Crippen LogP contribution in [0.5, 0.6) is 0 Å². The van der Waals surface area contributed by atoms with Crippen molar-refractivity contribution in [3.63, 3.8) is 0 Å². The second kappa shape index (κ2) is 5.90. The summed E-state index contributed by atoms with van der Waals surface area (Å²) in [5, 5.41) is 0.588. The van der Waals surface area contributed by atoms with E-state index in [1.54, 1.807) is 0 Å². The van der Waals surface area contributed by atoms with Crippen LogP contribution in [0.1, 0.15) is 58.3 Å². The molecule has 1 aliphatic carbocycles. The first-order chi connectivity index (χ1) is 5.84. The van der Waals surface area contributed by atoms with Crippen LogP contribution in [0.3, 0.4) is 0 Å². The predicted octanol–water partition coefficient (Wildman–Crippen LogP) is 4.32. The Bertz CT molecular complexity index is 106. The fraction of sp³-hybridized carbons (Fsp3) is 1.00. The first-order valence-corrected chi connectivity index (χ1v) is 5.97. The monoisotopic (exact) mass is 185 g/mol. The zero-order valence-electron chi connectivity index (χ0n) is 8.22. The molecular weight excluding hydrogens is 164 g/mol. The second-order valence-electron chi connectivity index (χ2n) is 4.08. The molecule has 0 aromatic heterocycles. The molecule has 1 atom stereocenters. The lowest BCUT2D eigenvalue weighted by Crippen LogP contribution is -2.18. The summed E-state index contributed by atoms with van der Waals surface area (Å²) in [6, 6.07) is 0. The lowest BCUT2D eigenvalue weighted by atomic mass is 9.85. The molecule has 0 aliphatic heterocycles. The van der Waals surface area contributed by atoms with Crippen molar-refractivity contribution >= 4 is 12.6 Å². The molecule has 0 N–H and O–H groups in total. The number of unbranched alkanes of at least 4 members (excludes halogenated alkanes) is 1. The molecule has 0 spiro atoms. The van der Waals surface area contributed by atoms with Crippen molar-refractivity contribution in [2.75, 3.05) is 0 Å². The molecule has 0 heterocycles. The molecule has 71 valence electrons. The molecule has 0 bridgehead atoms. The fourth-order valence-electron chi connectivity index (χ4n) is 2.15. The van der Waals surface area contributed by atoms with Crippen LogP contribution in [0.15, 0.2) is 0 Å². The molecule has 1 heteroatoms. The van der Waals surface area contributed by atoms with E-state index in [1.807, 2.05) is 0 Å². The molecule has 0 aromatic carbocycles. The van der Waals surface area contributed by atoms with Gasteiger partial charge in [-0.25, -0.2) is 0 Å². The van der Waals surface area contributed by atoms with Gasteiger partial charge in [-0.05, 0) is 25.2 Å². The zero-order valence-corrected chi connectivity index (χ0v) is 9.04. The summed E-state index contributed by atoms with van der Waals surface area (Å²) in [5.41, 5.74) is 0. The highest BCUT2D eigenvalue weighted by Gasteiger charge is 2.20. The van der Waals surface area contributed by atoms with E-state index in [9.17, 15) is 0 Å². The Kier molecular flexibility index (Phi) is 5.13. The van der Waals surface area contributed by atoms with Gasteiger partial charge in [0, 0.05) is 5.25 Å². The van der Waals surface area contributed by atoms with Crippen molar-refractivity contribution in [1.82, 2.24) is 0 Å². The van der Waals surface area contributed by atoms with Gasteiger partial charge in [0.2, 0.25) is 0 Å². The van der Waals surface area contributed by atoms with E-state index in [0.29, 0.717) is 5.25 Å². The van der Waals surface area contributed by atoms with Crippen LogP contribution in [0.2, 0.25) is 0 Å². The Morgan fingerprint density at radius 1 is 1.25 bits per heavy atom. The van der Waals surface area contributed by atoms with Crippen molar-refractivity contribution in [2.24, 2.45) is 5.92 Å². The van der Waals surface area contributed by atoms with E-state index >= 15 is 0 Å². The Balaban J connectivity index is 2.15. The van der Waals surface area contributed by atoms with Gasteiger partial charge in [-0.3, -0.25) is 0 Å². The van der Waals surface area contributed by atoms with Crippen LogP contribution in [-0.4, -0.2) is 5.25 Å². The Labute approximate surface area is 82.5 Å². The molecular formula is C11H21S. The van der Waals surface area contributed by atoms with Crippen LogP contribution < -0.4 is 0 Å². The lowest BCUT2D eigenvalue weighted by molar-refractivity contribution is 0.339. The average Bonchev–Trinajstić information content (AvgIpc) is 2.15. The van der Waals surface area contributed by atoms with Crippen LogP contribution in [-0.2, 0) is 0 Å². The summed E-state index contributed by atoms with van der Waals surface area (Å²) in [6.07, 6.45) is 11.1. The Morgan fingerprint density at radius 3 is 2.50 bits per heavy atom. The normalized spacial score (nSPS) is 22.5. The van der Waals surface area contributed by atoms with Gasteiger partial charge >= 0.3 is 0 Å². The maximum atomic E-state index is 5.52. The molecule has 0 amide bonds. The van der Waals surface area contributed by atoms with Gasteiger partial charge in [0.25, 0.3) is 0 Å². The van der Waals surface area contributed by atoms with Crippen molar-refractivity contribution in [2.45, 2.75) is 63.5 Å². The molecule has 1 rings (SSSR count). The molecule has 1 fully saturated rings. The molecule has 1 saturated carbocycles. The van der Waals surface area contributed by atoms with Crippen LogP contribution in [0.4, 0.5) is 0 Å². The maximum Gasteiger partial charge on any atom is 0.0179 e. The molecule has 1 aliphatic rings. The number of rotatable bonds is 4. The molecule has 12 heavy (non-hydrogen) atoms. The maximum absolute atomic E-state index is 5.52. The summed E-state index contributed by atoms with van der Waals surface area (Å²) >= 11 is 5.52. The minimum atomic E-state index is 0.588.